The minimum Gasteiger partial charge on any atom is -0.380 e. The first-order chi connectivity index (χ1) is 8.45. The Bertz CT molecular complexity index is 459. The molecule has 0 heterocycles. The van der Waals surface area contributed by atoms with Crippen LogP contribution in [0.3, 0.4) is 0 Å². The lowest BCUT2D eigenvalue weighted by molar-refractivity contribution is -0.384. The molecule has 0 saturated carbocycles. The van der Waals surface area contributed by atoms with Gasteiger partial charge in [0, 0.05) is 25.3 Å². The number of benzene rings is 1. The highest BCUT2D eigenvalue weighted by Gasteiger charge is 2.16. The largest absolute Gasteiger partial charge is 0.380 e. The minimum atomic E-state index is -0.508. The molecule has 6 heteroatoms. The third-order valence-corrected chi connectivity index (χ3v) is 2.58. The smallest absolute Gasteiger partial charge is 0.293 e. The number of anilines is 1. The second kappa shape index (κ2) is 6.11. The van der Waals surface area contributed by atoms with Crippen molar-refractivity contribution in [2.24, 2.45) is 0 Å². The Morgan fingerprint density at radius 3 is 2.72 bits per heavy atom. The molecular formula is C12H16N2O4. The molecule has 0 fully saturated rings. The number of rotatable bonds is 6. The summed E-state index contributed by atoms with van der Waals surface area (Å²) < 4.78 is 5.05. The number of nitro benzene ring substituents is 1. The Morgan fingerprint density at radius 2 is 2.22 bits per heavy atom. The van der Waals surface area contributed by atoms with Crippen LogP contribution >= 0.6 is 0 Å². The Labute approximate surface area is 105 Å². The quantitative estimate of drug-likeness (QED) is 0.477. The van der Waals surface area contributed by atoms with Gasteiger partial charge in [0.25, 0.3) is 5.69 Å². The van der Waals surface area contributed by atoms with Gasteiger partial charge in [0.1, 0.15) is 5.69 Å². The van der Waals surface area contributed by atoms with Crippen molar-refractivity contribution < 1.29 is 14.5 Å². The number of hydrogen-bond donors (Lipinski definition) is 1. The predicted molar refractivity (Wildman–Crippen MR) is 68.1 cm³/mol. The van der Waals surface area contributed by atoms with Crippen molar-refractivity contribution in [3.05, 3.63) is 33.9 Å². The number of nitro groups is 1. The van der Waals surface area contributed by atoms with Gasteiger partial charge < -0.3 is 10.1 Å². The Kier molecular flexibility index (Phi) is 4.79. The predicted octanol–water partition coefficient (Wildman–Crippen LogP) is 2.24. The fourth-order valence-electron chi connectivity index (χ4n) is 1.39. The van der Waals surface area contributed by atoms with E-state index in [9.17, 15) is 14.9 Å². The van der Waals surface area contributed by atoms with Crippen LogP contribution in [0.1, 0.15) is 24.2 Å². The third-order valence-electron chi connectivity index (χ3n) is 2.58. The van der Waals surface area contributed by atoms with Crippen LogP contribution in [0, 0.1) is 10.1 Å². The Balaban J connectivity index is 2.97. The number of ether oxygens (including phenoxy) is 1. The van der Waals surface area contributed by atoms with E-state index in [0.29, 0.717) is 17.8 Å². The molecule has 1 rings (SSSR count). The van der Waals surface area contributed by atoms with E-state index in [-0.39, 0.29) is 17.6 Å². The summed E-state index contributed by atoms with van der Waals surface area (Å²) in [5.74, 6) is -0.199. The molecule has 0 aromatic heterocycles. The molecule has 1 aromatic carbocycles. The fraction of sp³-hybridized carbons (Fsp3) is 0.417. The minimum absolute atomic E-state index is 0.0583. The molecule has 18 heavy (non-hydrogen) atoms. The van der Waals surface area contributed by atoms with E-state index in [2.05, 4.69) is 5.32 Å². The highest BCUT2D eigenvalue weighted by molar-refractivity contribution is 5.95. The highest BCUT2D eigenvalue weighted by atomic mass is 16.6. The van der Waals surface area contributed by atoms with Crippen LogP contribution in [0.4, 0.5) is 11.4 Å². The molecule has 6 nitrogen and oxygen atoms in total. The van der Waals surface area contributed by atoms with Gasteiger partial charge in [-0.1, -0.05) is 0 Å². The number of hydrogen-bond acceptors (Lipinski definition) is 5. The monoisotopic (exact) mass is 252 g/mol. The van der Waals surface area contributed by atoms with Crippen LogP contribution in [0.5, 0.6) is 0 Å². The molecule has 1 aromatic rings. The van der Waals surface area contributed by atoms with Crippen molar-refractivity contribution in [3.8, 4) is 0 Å². The van der Waals surface area contributed by atoms with Gasteiger partial charge in [0.2, 0.25) is 0 Å². The molecule has 0 spiro atoms. The van der Waals surface area contributed by atoms with Gasteiger partial charge in [-0.3, -0.25) is 14.9 Å². The summed E-state index contributed by atoms with van der Waals surface area (Å²) >= 11 is 0. The molecule has 1 atom stereocenters. The summed E-state index contributed by atoms with van der Waals surface area (Å²) in [6.07, 6.45) is -0.0583. The molecule has 1 N–H and O–H groups in total. The first-order valence-electron chi connectivity index (χ1n) is 5.51. The Hall–Kier alpha value is -1.95. The average molecular weight is 252 g/mol. The van der Waals surface area contributed by atoms with Gasteiger partial charge in [-0.2, -0.15) is 0 Å². The van der Waals surface area contributed by atoms with Gasteiger partial charge >= 0.3 is 0 Å². The highest BCUT2D eigenvalue weighted by Crippen LogP contribution is 2.25. The zero-order valence-corrected chi connectivity index (χ0v) is 10.6. The number of ketones is 1. The van der Waals surface area contributed by atoms with Gasteiger partial charge in [0.15, 0.2) is 5.78 Å². The molecule has 0 saturated heterocycles. The van der Waals surface area contributed by atoms with Gasteiger partial charge in [0.05, 0.1) is 11.0 Å². The normalized spacial score (nSPS) is 11.9. The summed E-state index contributed by atoms with van der Waals surface area (Å²) in [7, 11) is 1.57. The number of Topliss-reactive ketones (excluding diaryl/α,β-unsaturated/α-hetero) is 1. The number of methoxy groups -OCH3 is 1. The van der Waals surface area contributed by atoms with Gasteiger partial charge in [-0.25, -0.2) is 0 Å². The molecule has 0 aliphatic heterocycles. The van der Waals surface area contributed by atoms with Crippen molar-refractivity contribution in [1.29, 1.82) is 0 Å². The maximum absolute atomic E-state index is 11.2. The maximum atomic E-state index is 11.2. The van der Waals surface area contributed by atoms with Crippen molar-refractivity contribution in [1.82, 2.24) is 0 Å². The summed E-state index contributed by atoms with van der Waals surface area (Å²) in [4.78, 5) is 21.6. The van der Waals surface area contributed by atoms with Crippen molar-refractivity contribution in [2.75, 3.05) is 19.0 Å². The van der Waals surface area contributed by atoms with E-state index in [1.807, 2.05) is 6.92 Å². The lowest BCUT2D eigenvalue weighted by Crippen LogP contribution is -2.18. The molecule has 98 valence electrons. The molecule has 1 unspecified atom stereocenters. The molecule has 0 amide bonds. The SMILES string of the molecule is COC(C)CNc1ccc(C(C)=O)cc1[N+](=O)[O-]. The number of carbonyl (C=O) groups excluding carboxylic acids is 1. The zero-order chi connectivity index (χ0) is 13.7. The van der Waals surface area contributed by atoms with Gasteiger partial charge in [-0.05, 0) is 26.0 Å². The second-order valence-electron chi connectivity index (χ2n) is 3.97. The summed E-state index contributed by atoms with van der Waals surface area (Å²) in [5, 5.41) is 13.9. The number of carbonyl (C=O) groups is 1. The van der Waals surface area contributed by atoms with E-state index in [0.717, 1.165) is 0 Å². The topological polar surface area (TPSA) is 81.5 Å². The molecule has 0 aliphatic carbocycles. The first kappa shape index (κ1) is 14.1. The van der Waals surface area contributed by atoms with E-state index in [1.165, 1.54) is 19.1 Å². The lowest BCUT2D eigenvalue weighted by Gasteiger charge is -2.12. The third kappa shape index (κ3) is 3.53. The standard InChI is InChI=1S/C12H16N2O4/c1-8(18-3)7-13-11-5-4-10(9(2)15)6-12(11)14(16)17/h4-6,8,13H,7H2,1-3H3. The van der Waals surface area contributed by atoms with Crippen LogP contribution < -0.4 is 5.32 Å². The first-order valence-corrected chi connectivity index (χ1v) is 5.51. The lowest BCUT2D eigenvalue weighted by atomic mass is 10.1. The van der Waals surface area contributed by atoms with Crippen molar-refractivity contribution in [3.63, 3.8) is 0 Å². The maximum Gasteiger partial charge on any atom is 0.293 e. The molecule has 0 radical (unpaired) electrons. The second-order valence-corrected chi connectivity index (χ2v) is 3.97. The van der Waals surface area contributed by atoms with Crippen LogP contribution in [-0.4, -0.2) is 30.5 Å². The summed E-state index contributed by atoms with van der Waals surface area (Å²) in [6, 6.07) is 4.38. The zero-order valence-electron chi connectivity index (χ0n) is 10.6. The van der Waals surface area contributed by atoms with Crippen LogP contribution in [0.25, 0.3) is 0 Å². The fourth-order valence-corrected chi connectivity index (χ4v) is 1.39. The van der Waals surface area contributed by atoms with Crippen molar-refractivity contribution >= 4 is 17.2 Å². The van der Waals surface area contributed by atoms with Crippen molar-refractivity contribution in [2.45, 2.75) is 20.0 Å². The molecular weight excluding hydrogens is 236 g/mol. The molecule has 0 bridgehead atoms. The Morgan fingerprint density at radius 1 is 1.56 bits per heavy atom. The summed E-state index contributed by atoms with van der Waals surface area (Å²) in [5.41, 5.74) is 0.604. The van der Waals surface area contributed by atoms with E-state index in [1.54, 1.807) is 13.2 Å². The molecule has 0 aliphatic rings. The van der Waals surface area contributed by atoms with Crippen LogP contribution in [0.2, 0.25) is 0 Å². The van der Waals surface area contributed by atoms with E-state index >= 15 is 0 Å². The van der Waals surface area contributed by atoms with Crippen LogP contribution in [0.15, 0.2) is 18.2 Å². The summed E-state index contributed by atoms with van der Waals surface area (Å²) in [6.45, 7) is 3.68. The van der Waals surface area contributed by atoms with E-state index in [4.69, 9.17) is 4.74 Å². The number of nitrogens with zero attached hydrogens (tertiary/aromatic N) is 1. The van der Waals surface area contributed by atoms with Gasteiger partial charge in [-0.15, -0.1) is 0 Å². The van der Waals surface area contributed by atoms with E-state index < -0.39 is 4.92 Å². The number of nitrogens with one attached hydrogen (secondary N) is 1. The average Bonchev–Trinajstić information content (AvgIpc) is 2.35. The van der Waals surface area contributed by atoms with Crippen LogP contribution in [-0.2, 0) is 4.74 Å².